The molecule has 0 aliphatic heterocycles. The van der Waals surface area contributed by atoms with Crippen molar-refractivity contribution in [1.29, 1.82) is 0 Å². The minimum Gasteiger partial charge on any atom is -0.339 e. The molecule has 0 bridgehead atoms. The second kappa shape index (κ2) is 5.56. The van der Waals surface area contributed by atoms with E-state index in [1.807, 2.05) is 18.5 Å². The van der Waals surface area contributed by atoms with Gasteiger partial charge in [-0.25, -0.2) is 0 Å². The Labute approximate surface area is 106 Å². The van der Waals surface area contributed by atoms with Crippen LogP contribution < -0.4 is 5.32 Å². The molecule has 0 radical (unpaired) electrons. The van der Waals surface area contributed by atoms with Crippen LogP contribution in [0.5, 0.6) is 0 Å². The molecule has 86 valence electrons. The fourth-order valence-electron chi connectivity index (χ4n) is 1.30. The van der Waals surface area contributed by atoms with Crippen LogP contribution in [0.4, 0.5) is 0 Å². The average molecular weight is 302 g/mol. The maximum absolute atomic E-state index is 5.18. The summed E-state index contributed by atoms with van der Waals surface area (Å²) in [5.74, 6) is 1.38. The van der Waals surface area contributed by atoms with E-state index in [9.17, 15) is 0 Å². The summed E-state index contributed by atoms with van der Waals surface area (Å²) in [5, 5.41) is 9.05. The summed E-state index contributed by atoms with van der Waals surface area (Å²) in [4.78, 5) is 5.37. The van der Waals surface area contributed by atoms with Crippen LogP contribution >= 0.6 is 27.3 Å². The number of rotatable bonds is 5. The molecule has 2 rings (SSSR count). The molecule has 0 fully saturated rings. The van der Waals surface area contributed by atoms with Crippen LogP contribution in [0, 0.1) is 0 Å². The Morgan fingerprint density at radius 1 is 1.56 bits per heavy atom. The second-order valence-corrected chi connectivity index (χ2v) is 5.17. The molecular formula is C10H12BrN3OS. The van der Waals surface area contributed by atoms with Crippen LogP contribution in [0.3, 0.4) is 0 Å². The van der Waals surface area contributed by atoms with Crippen molar-refractivity contribution in [1.82, 2.24) is 15.5 Å². The maximum Gasteiger partial charge on any atom is 0.227 e. The number of halogens is 1. The molecule has 4 nitrogen and oxygen atoms in total. The zero-order valence-electron chi connectivity index (χ0n) is 8.86. The summed E-state index contributed by atoms with van der Waals surface area (Å²) in [6.07, 6.45) is 1.83. The van der Waals surface area contributed by atoms with E-state index in [1.165, 1.54) is 0 Å². The third kappa shape index (κ3) is 2.90. The maximum atomic E-state index is 5.18. The predicted octanol–water partition coefficient (Wildman–Crippen LogP) is 2.71. The van der Waals surface area contributed by atoms with Gasteiger partial charge in [-0.2, -0.15) is 4.98 Å². The Kier molecular flexibility index (Phi) is 4.09. The molecule has 16 heavy (non-hydrogen) atoms. The molecule has 0 aromatic carbocycles. The first-order valence-corrected chi connectivity index (χ1v) is 6.68. The fourth-order valence-corrected chi connectivity index (χ4v) is 2.65. The molecule has 0 saturated carbocycles. The second-order valence-electron chi connectivity index (χ2n) is 3.35. The number of nitrogens with zero attached hydrogens (tertiary/aromatic N) is 2. The van der Waals surface area contributed by atoms with Crippen LogP contribution in [-0.2, 0) is 6.42 Å². The SMILES string of the molecule is CNCCCc1nc(-c2cc(Br)cs2)no1. The molecule has 0 unspecified atom stereocenters. The van der Waals surface area contributed by atoms with Crippen molar-refractivity contribution < 1.29 is 4.52 Å². The van der Waals surface area contributed by atoms with Crippen LogP contribution in [0.15, 0.2) is 20.4 Å². The van der Waals surface area contributed by atoms with Crippen LogP contribution in [-0.4, -0.2) is 23.7 Å². The van der Waals surface area contributed by atoms with Crippen molar-refractivity contribution in [3.63, 3.8) is 0 Å². The van der Waals surface area contributed by atoms with Crippen LogP contribution in [0.2, 0.25) is 0 Å². The molecule has 0 aliphatic carbocycles. The van der Waals surface area contributed by atoms with Crippen molar-refractivity contribution in [2.24, 2.45) is 0 Å². The number of nitrogens with one attached hydrogen (secondary N) is 1. The van der Waals surface area contributed by atoms with Crippen LogP contribution in [0.25, 0.3) is 10.7 Å². The summed E-state index contributed by atoms with van der Waals surface area (Å²) in [6.45, 7) is 0.961. The normalized spacial score (nSPS) is 10.9. The largest absolute Gasteiger partial charge is 0.339 e. The lowest BCUT2D eigenvalue weighted by Gasteiger charge is -1.93. The fraction of sp³-hybridized carbons (Fsp3) is 0.400. The molecule has 0 atom stereocenters. The molecule has 0 aliphatic rings. The van der Waals surface area contributed by atoms with Crippen LogP contribution in [0.1, 0.15) is 12.3 Å². The third-order valence-electron chi connectivity index (χ3n) is 2.07. The van der Waals surface area contributed by atoms with Gasteiger partial charge in [-0.1, -0.05) is 5.16 Å². The van der Waals surface area contributed by atoms with E-state index in [2.05, 4.69) is 31.4 Å². The number of hydrogen-bond acceptors (Lipinski definition) is 5. The van der Waals surface area contributed by atoms with E-state index in [4.69, 9.17) is 4.52 Å². The Balaban J connectivity index is 2.02. The van der Waals surface area contributed by atoms with Gasteiger partial charge in [-0.15, -0.1) is 11.3 Å². The van der Waals surface area contributed by atoms with Crippen molar-refractivity contribution >= 4 is 27.3 Å². The van der Waals surface area contributed by atoms with Crippen molar-refractivity contribution in [2.45, 2.75) is 12.8 Å². The van der Waals surface area contributed by atoms with E-state index >= 15 is 0 Å². The Morgan fingerprint density at radius 2 is 2.44 bits per heavy atom. The van der Waals surface area contributed by atoms with Crippen molar-refractivity contribution in [2.75, 3.05) is 13.6 Å². The van der Waals surface area contributed by atoms with Gasteiger partial charge in [0.2, 0.25) is 11.7 Å². The predicted molar refractivity (Wildman–Crippen MR) is 67.6 cm³/mol. The van der Waals surface area contributed by atoms with Gasteiger partial charge in [0.25, 0.3) is 0 Å². The van der Waals surface area contributed by atoms with Gasteiger partial charge in [0.15, 0.2) is 0 Å². The Bertz CT molecular complexity index is 454. The first kappa shape index (κ1) is 11.8. The zero-order chi connectivity index (χ0) is 11.4. The number of hydrogen-bond donors (Lipinski definition) is 1. The zero-order valence-corrected chi connectivity index (χ0v) is 11.3. The Morgan fingerprint density at radius 3 is 3.12 bits per heavy atom. The number of aryl methyl sites for hydroxylation is 1. The standard InChI is InChI=1S/C10H12BrN3OS/c1-12-4-2-3-9-13-10(14-15-9)8-5-7(11)6-16-8/h5-6,12H,2-4H2,1H3. The van der Waals surface area contributed by atoms with Gasteiger partial charge in [0.1, 0.15) is 0 Å². The minimum absolute atomic E-state index is 0.676. The summed E-state index contributed by atoms with van der Waals surface area (Å²) < 4.78 is 6.23. The molecule has 1 N–H and O–H groups in total. The monoisotopic (exact) mass is 301 g/mol. The number of aromatic nitrogens is 2. The molecule has 0 amide bonds. The highest BCUT2D eigenvalue weighted by Crippen LogP contribution is 2.27. The lowest BCUT2D eigenvalue weighted by Crippen LogP contribution is -2.08. The molecule has 0 saturated heterocycles. The highest BCUT2D eigenvalue weighted by atomic mass is 79.9. The molecule has 2 aromatic rings. The van der Waals surface area contributed by atoms with E-state index in [0.29, 0.717) is 11.7 Å². The number of thiophene rings is 1. The molecular weight excluding hydrogens is 290 g/mol. The highest BCUT2D eigenvalue weighted by Gasteiger charge is 2.09. The van der Waals surface area contributed by atoms with Gasteiger partial charge in [0.05, 0.1) is 4.88 Å². The molecule has 2 aromatic heterocycles. The van der Waals surface area contributed by atoms with E-state index in [-0.39, 0.29) is 0 Å². The average Bonchev–Trinajstić information content (AvgIpc) is 2.87. The lowest BCUT2D eigenvalue weighted by atomic mass is 10.3. The summed E-state index contributed by atoms with van der Waals surface area (Å²) in [6, 6.07) is 1.99. The summed E-state index contributed by atoms with van der Waals surface area (Å²) >= 11 is 5.00. The third-order valence-corrected chi connectivity index (χ3v) is 3.76. The Hall–Kier alpha value is -0.720. The topological polar surface area (TPSA) is 51.0 Å². The smallest absolute Gasteiger partial charge is 0.227 e. The highest BCUT2D eigenvalue weighted by molar-refractivity contribution is 9.10. The molecule has 6 heteroatoms. The van der Waals surface area contributed by atoms with Crippen molar-refractivity contribution in [3.8, 4) is 10.7 Å². The molecule has 2 heterocycles. The molecule has 0 spiro atoms. The van der Waals surface area contributed by atoms with Gasteiger partial charge >= 0.3 is 0 Å². The van der Waals surface area contributed by atoms with Gasteiger partial charge in [0, 0.05) is 16.3 Å². The van der Waals surface area contributed by atoms with E-state index in [0.717, 1.165) is 28.7 Å². The van der Waals surface area contributed by atoms with E-state index < -0.39 is 0 Å². The summed E-state index contributed by atoms with van der Waals surface area (Å²) in [5.41, 5.74) is 0. The minimum atomic E-state index is 0.676. The first-order valence-electron chi connectivity index (χ1n) is 5.01. The van der Waals surface area contributed by atoms with Gasteiger partial charge in [-0.3, -0.25) is 0 Å². The van der Waals surface area contributed by atoms with E-state index in [1.54, 1.807) is 11.3 Å². The summed E-state index contributed by atoms with van der Waals surface area (Å²) in [7, 11) is 1.93. The van der Waals surface area contributed by atoms with Gasteiger partial charge in [-0.05, 0) is 42.0 Å². The van der Waals surface area contributed by atoms with Gasteiger partial charge < -0.3 is 9.84 Å². The van der Waals surface area contributed by atoms with Crippen molar-refractivity contribution in [3.05, 3.63) is 21.8 Å². The lowest BCUT2D eigenvalue weighted by molar-refractivity contribution is 0.375. The quantitative estimate of drug-likeness (QED) is 0.863. The first-order chi connectivity index (χ1) is 7.79.